The number of carbonyl (C=O) groups is 8. The van der Waals surface area contributed by atoms with E-state index in [0.717, 1.165) is 31.3 Å². The first kappa shape index (κ1) is 93.9. The highest BCUT2D eigenvalue weighted by Crippen LogP contribution is 2.49. The second kappa shape index (κ2) is 45.1. The van der Waals surface area contributed by atoms with Crippen molar-refractivity contribution in [1.82, 2.24) is 71.8 Å². The van der Waals surface area contributed by atoms with Gasteiger partial charge in [-0.15, -0.1) is 10.2 Å². The molecule has 0 spiro atoms. The number of nitrogens with one attached hydrogen (secondary N) is 7. The first-order valence-electron chi connectivity index (χ1n) is 40.0. The molecular formula is C75H113N17O26S. The summed E-state index contributed by atoms with van der Waals surface area (Å²) in [6.07, 6.45) is -6.06. The summed E-state index contributed by atoms with van der Waals surface area (Å²) in [5.41, 5.74) is 8.74. The Hall–Kier alpha value is -8.97. The first-order valence-corrected chi connectivity index (χ1v) is 41.6. The lowest BCUT2D eigenvalue weighted by molar-refractivity contribution is -0.304. The Labute approximate surface area is 686 Å². The van der Waals surface area contributed by atoms with Gasteiger partial charge in [0.25, 0.3) is 0 Å². The molecule has 0 aliphatic carbocycles. The molecule has 119 heavy (non-hydrogen) atoms. The van der Waals surface area contributed by atoms with Crippen molar-refractivity contribution in [1.29, 1.82) is 0 Å². The number of primary amides is 1. The highest BCUT2D eigenvalue weighted by Gasteiger charge is 2.46. The van der Waals surface area contributed by atoms with E-state index in [1.807, 2.05) is 38.1 Å². The molecule has 0 saturated carbocycles. The molecule has 2 aromatic heterocycles. The maximum absolute atomic E-state index is 13.8. The van der Waals surface area contributed by atoms with Gasteiger partial charge in [-0.3, -0.25) is 47.7 Å². The zero-order chi connectivity index (χ0) is 86.1. The maximum Gasteiger partial charge on any atom is 0.246 e. The number of rotatable bonds is 48. The normalized spacial score (nSPS) is 22.5. The van der Waals surface area contributed by atoms with Crippen LogP contribution in [0.1, 0.15) is 140 Å². The van der Waals surface area contributed by atoms with Gasteiger partial charge < -0.3 is 126 Å². The molecule has 2 fully saturated rings. The number of aromatic nitrogens is 6. The Bertz CT molecular complexity index is 4340. The van der Waals surface area contributed by atoms with E-state index in [0.29, 0.717) is 97.5 Å². The van der Waals surface area contributed by atoms with Gasteiger partial charge in [0.2, 0.25) is 52.6 Å². The van der Waals surface area contributed by atoms with E-state index in [2.05, 4.69) is 74.2 Å². The van der Waals surface area contributed by atoms with E-state index < -0.39 is 181 Å². The number of amides is 8. The summed E-state index contributed by atoms with van der Waals surface area (Å²) in [5, 5.41) is 116. The van der Waals surface area contributed by atoms with Crippen molar-refractivity contribution >= 4 is 68.8 Å². The van der Waals surface area contributed by atoms with Crippen molar-refractivity contribution in [2.45, 2.75) is 235 Å². The Morgan fingerprint density at radius 2 is 1.24 bits per heavy atom. The van der Waals surface area contributed by atoms with E-state index in [-0.39, 0.29) is 96.4 Å². The van der Waals surface area contributed by atoms with Crippen LogP contribution in [0.15, 0.2) is 41.7 Å². The van der Waals surface area contributed by atoms with Crippen LogP contribution in [0.2, 0.25) is 0 Å². The molecule has 17 N–H and O–H groups in total. The van der Waals surface area contributed by atoms with Gasteiger partial charge in [-0.25, -0.2) is 18.0 Å². The van der Waals surface area contributed by atoms with Crippen LogP contribution in [0.25, 0.3) is 0 Å². The molecule has 9 rings (SSSR count). The van der Waals surface area contributed by atoms with E-state index in [9.17, 15) is 92.2 Å². The van der Waals surface area contributed by atoms with Gasteiger partial charge in [-0.05, 0) is 116 Å². The number of carbonyl (C=O) groups excluding carboxylic acids is 8. The van der Waals surface area contributed by atoms with Crippen LogP contribution in [0.3, 0.4) is 0 Å². The molecule has 2 saturated heterocycles. The number of hydrogen-bond acceptors (Lipinski definition) is 32. The molecule has 0 radical (unpaired) electrons. The molecule has 8 amide bonds. The number of unbranched alkanes of at least 4 members (excludes halogenated alkanes) is 3. The number of fused-ring (bicyclic) bond motifs is 4. The Morgan fingerprint density at radius 1 is 0.655 bits per heavy atom. The van der Waals surface area contributed by atoms with Crippen molar-refractivity contribution in [3.8, 4) is 11.5 Å². The lowest BCUT2D eigenvalue weighted by Gasteiger charge is -2.48. The van der Waals surface area contributed by atoms with Crippen LogP contribution in [-0.4, -0.2) is 307 Å². The molecular weight excluding hydrogens is 1590 g/mol. The average Bonchev–Trinajstić information content (AvgIpc) is 1.15. The Balaban J connectivity index is 0.681. The number of aryl methyl sites for hydroxylation is 3. The summed E-state index contributed by atoms with van der Waals surface area (Å²) < 4.78 is 81.4. The van der Waals surface area contributed by atoms with Crippen molar-refractivity contribution in [3.05, 3.63) is 69.9 Å². The predicted molar refractivity (Wildman–Crippen MR) is 414 cm³/mol. The van der Waals surface area contributed by atoms with Crippen molar-refractivity contribution in [2.24, 2.45) is 10.7 Å². The molecule has 1 unspecified atom stereocenters. The van der Waals surface area contributed by atoms with Gasteiger partial charge in [-0.1, -0.05) is 10.4 Å². The third kappa shape index (κ3) is 27.8. The van der Waals surface area contributed by atoms with E-state index in [4.69, 9.17) is 43.9 Å². The summed E-state index contributed by atoms with van der Waals surface area (Å²) in [6, 6.07) is 4.42. The summed E-state index contributed by atoms with van der Waals surface area (Å²) in [7, 11) is -4.63. The lowest BCUT2D eigenvalue weighted by atomic mass is 9.79. The largest absolute Gasteiger partial charge is 0.748 e. The monoisotopic (exact) mass is 1700 g/mol. The number of hydrogen-bond donors (Lipinski definition) is 16. The van der Waals surface area contributed by atoms with Gasteiger partial charge >= 0.3 is 0 Å². The fraction of sp³-hybridized carbons (Fsp3) is 0.680. The molecule has 5 aliphatic heterocycles. The van der Waals surface area contributed by atoms with Gasteiger partial charge in [-0.2, -0.15) is 0 Å². The van der Waals surface area contributed by atoms with Gasteiger partial charge in [0, 0.05) is 87.0 Å². The van der Waals surface area contributed by atoms with Crippen molar-refractivity contribution in [3.63, 3.8) is 0 Å². The Morgan fingerprint density at radius 3 is 1.83 bits per heavy atom. The molecule has 14 atom stereocenters. The van der Waals surface area contributed by atoms with E-state index in [1.54, 1.807) is 6.20 Å². The highest BCUT2D eigenvalue weighted by molar-refractivity contribution is 7.85. The third-order valence-electron chi connectivity index (χ3n) is 20.9. The number of nitrogens with zero attached hydrogens (tertiary/aromatic N) is 9. The zero-order valence-corrected chi connectivity index (χ0v) is 67.9. The van der Waals surface area contributed by atoms with Crippen LogP contribution in [0, 0.1) is 0 Å². The Kier molecular flexibility index (Phi) is 35.6. The quantitative estimate of drug-likeness (QED) is 0.00979. The third-order valence-corrected chi connectivity index (χ3v) is 21.7. The molecule has 2 aromatic carbocycles. The number of aliphatic hydroxyl groups excluding tert-OH is 8. The van der Waals surface area contributed by atoms with Gasteiger partial charge in [0.15, 0.2) is 24.1 Å². The molecule has 660 valence electrons. The second-order valence-electron chi connectivity index (χ2n) is 30.6. The molecule has 4 aromatic rings. The minimum absolute atomic E-state index is 0.00212. The van der Waals surface area contributed by atoms with Crippen molar-refractivity contribution < 1.29 is 125 Å². The molecule has 5 aliphatic rings. The second-order valence-corrected chi connectivity index (χ2v) is 32.0. The lowest BCUT2D eigenvalue weighted by Crippen LogP contribution is -2.59. The average molecular weight is 1700 g/mol. The minimum atomic E-state index is -4.63. The standard InChI is InChI=1S/C75H113N17O26S/c1-5-89-21-12-14-44-28-52-56(30-54(44)89)116-57-31-55-48(29-53(57)82-52)45(42-119(109,110)111)32-75(3,4)92(55)24-13-18-60(96)77-19-9-6-15-49(70(76)106)83-62(98)34-80-72(108)51(17-8-11-23-91-36-47(86-88-91)40-115-74-69(105)67(103)65(101)59(38-94)118-74)84-61(97)33-79-63(99)41-113-27-26-112-25-20-78-71(107)50(81-43(2)95)16-7-10-22-90-35-46(85-87-90)39-114-73-68(104)66(102)64(100)58(37-93)117-73/h28-31,35-36,45,49-51,58-59,64-69,73-74,93-94,100-105H,5-27,32-34,37-42H2,1-4H3,(H9-,76,77,78,79,80,81,83,84,95,96,97,98,99,106,107,108,109,110,111)/t45?,49-,50-,51-,58+,59+,64+,65+,66-,67-,68-,69-,73-,74-/m0/s1. The van der Waals surface area contributed by atoms with E-state index >= 15 is 0 Å². The fourth-order valence-electron chi connectivity index (χ4n) is 14.7. The molecule has 43 nitrogen and oxygen atoms in total. The molecule has 0 bridgehead atoms. The van der Waals surface area contributed by atoms with Crippen LogP contribution in [0.4, 0.5) is 11.4 Å². The predicted octanol–water partition coefficient (Wildman–Crippen LogP) is -6.22. The summed E-state index contributed by atoms with van der Waals surface area (Å²) >= 11 is 0. The van der Waals surface area contributed by atoms with Crippen LogP contribution >= 0.6 is 0 Å². The smallest absolute Gasteiger partial charge is 0.246 e. The molecule has 44 heteroatoms. The van der Waals surface area contributed by atoms with Crippen LogP contribution in [-0.2, 0) is 110 Å². The fourth-order valence-corrected chi connectivity index (χ4v) is 15.5. The topological polar surface area (TPSA) is 610 Å². The summed E-state index contributed by atoms with van der Waals surface area (Å²) in [4.78, 5) is 111. The number of anilines is 1. The van der Waals surface area contributed by atoms with Crippen molar-refractivity contribution in [2.75, 3.05) is 96.1 Å². The van der Waals surface area contributed by atoms with Gasteiger partial charge in [0.1, 0.15) is 109 Å². The maximum atomic E-state index is 13.8. The molecule has 7 heterocycles. The highest BCUT2D eigenvalue weighted by atomic mass is 32.2. The first-order chi connectivity index (χ1) is 56.8. The van der Waals surface area contributed by atoms with E-state index in [1.165, 1.54) is 28.0 Å². The SMILES string of the molecule is CC[N+]1=c2cc3c(cc2CCC1)=Nc1cc2c(cc1O3)N(CCCC(=O)NCCCC[C@H](NC(=O)CNC(=O)[C@H](CCCCn1cc(CO[C@H]3O[C@H](CO)[C@@H](O)[C@H](O)[C@@H]3O)nn1)NC(=O)CNC(=O)COCCOCCNC(=O)[C@H](CCCCn1cc(CO[C@H]3O[C@H](CO)[C@@H](O)[C@H](O)[C@@H]3O)nn1)NC(C)=O)C(N)=O)C(C)(C)CC2CS(=O)(=O)[O-]. The van der Waals surface area contributed by atoms with Gasteiger partial charge in [0.05, 0.1) is 87.9 Å². The number of aliphatic hydroxyl groups is 8. The number of benzene rings is 2. The zero-order valence-electron chi connectivity index (χ0n) is 67.1. The van der Waals surface area contributed by atoms with Crippen LogP contribution in [0.5, 0.6) is 11.5 Å². The summed E-state index contributed by atoms with van der Waals surface area (Å²) in [5.74, 6) is -5.19. The van der Waals surface area contributed by atoms with Crippen LogP contribution < -0.4 is 67.9 Å². The number of nitrogens with two attached hydrogens (primary N) is 1. The minimum Gasteiger partial charge on any atom is -0.748 e. The number of ether oxygens (including phenoxy) is 7. The summed E-state index contributed by atoms with van der Waals surface area (Å²) in [6.45, 7) is 6.94.